The Morgan fingerprint density at radius 2 is 1.68 bits per heavy atom. The van der Waals surface area contributed by atoms with E-state index in [2.05, 4.69) is 60.5 Å². The van der Waals surface area contributed by atoms with Crippen LogP contribution in [0, 0.1) is 0 Å². The number of rotatable bonds is 6. The van der Waals surface area contributed by atoms with Gasteiger partial charge in [0.15, 0.2) is 18.0 Å². The molecule has 236 valence electrons. The van der Waals surface area contributed by atoms with Crippen LogP contribution in [0.15, 0.2) is 36.9 Å². The van der Waals surface area contributed by atoms with Crippen LogP contribution in [0.3, 0.4) is 0 Å². The first kappa shape index (κ1) is 30.5. The fraction of sp³-hybridized carbons (Fsp3) is 0.567. The van der Waals surface area contributed by atoms with Crippen molar-refractivity contribution in [3.8, 4) is 0 Å². The number of nitrogens with zero attached hydrogens (tertiary/aromatic N) is 5. The number of carbonyl (C=O) groups excluding carboxylic acids is 2. The van der Waals surface area contributed by atoms with Crippen molar-refractivity contribution in [3.05, 3.63) is 53.7 Å². The molecule has 14 nitrogen and oxygen atoms in total. The normalized spacial score (nSPS) is 26.6. The zero-order chi connectivity index (χ0) is 30.5. The molecule has 0 radical (unpaired) electrons. The van der Waals surface area contributed by atoms with Crippen LogP contribution in [0.25, 0.3) is 11.2 Å². The summed E-state index contributed by atoms with van der Waals surface area (Å²) in [6, 6.07) is 8.45. The lowest BCUT2D eigenvalue weighted by Gasteiger charge is -2.24. The SMILES string of the molecule is O=C(NCC(=O)N1CCNCCNCCNCC1)[C@H]1O[C@@H](n2cnc3c(C[C@H]4CCc5ccccc54)ncnc32)[C@H](O)[C@@H]1O. The first-order chi connectivity index (χ1) is 21.5. The Labute approximate surface area is 255 Å². The number of fused-ring (bicyclic) bond motifs is 2. The minimum absolute atomic E-state index is 0.239. The number of aryl methyl sites for hydroxylation is 1. The second kappa shape index (κ2) is 14.1. The minimum Gasteiger partial charge on any atom is -0.387 e. The quantitative estimate of drug-likeness (QED) is 0.191. The fourth-order valence-corrected chi connectivity index (χ4v) is 6.33. The van der Waals surface area contributed by atoms with Crippen LogP contribution in [0.2, 0.25) is 0 Å². The second-order valence-corrected chi connectivity index (χ2v) is 11.6. The van der Waals surface area contributed by atoms with E-state index in [-0.39, 0.29) is 12.5 Å². The minimum atomic E-state index is -1.51. The summed E-state index contributed by atoms with van der Waals surface area (Å²) in [4.78, 5) is 41.2. The molecular formula is C30H41N9O5. The summed E-state index contributed by atoms with van der Waals surface area (Å²) in [5.41, 5.74) is 4.52. The molecule has 4 heterocycles. The molecule has 3 aromatic rings. The standard InChI is InChI=1S/C30H41N9O5/c40-23(38-13-11-32-9-7-31-8-10-33-12-14-38)16-34-29(43)27-25(41)26(42)30(44-27)39-18-37-24-22(35-17-36-28(24)39)15-20-6-5-19-3-1-2-4-21(19)20/h1-4,17-18,20,25-27,30-33,41-42H,5-16H2,(H,34,43)/t20-,25+,26-,27+,30-/m1/s1. The van der Waals surface area contributed by atoms with Crippen molar-refractivity contribution in [2.24, 2.45) is 0 Å². The molecule has 6 rings (SSSR count). The number of ether oxygens (including phenoxy) is 1. The molecule has 2 aromatic heterocycles. The van der Waals surface area contributed by atoms with E-state index in [0.29, 0.717) is 49.7 Å². The van der Waals surface area contributed by atoms with Gasteiger partial charge in [0.2, 0.25) is 5.91 Å². The van der Waals surface area contributed by atoms with Crippen molar-refractivity contribution in [3.63, 3.8) is 0 Å². The van der Waals surface area contributed by atoms with Crippen LogP contribution in [0.1, 0.15) is 35.4 Å². The smallest absolute Gasteiger partial charge is 0.252 e. The highest BCUT2D eigenvalue weighted by atomic mass is 16.6. The zero-order valence-corrected chi connectivity index (χ0v) is 24.7. The molecular weight excluding hydrogens is 566 g/mol. The van der Waals surface area contributed by atoms with E-state index >= 15 is 0 Å². The number of imidazole rings is 1. The van der Waals surface area contributed by atoms with E-state index < -0.39 is 30.4 Å². The first-order valence-electron chi connectivity index (χ1n) is 15.4. The van der Waals surface area contributed by atoms with Crippen LogP contribution in [-0.2, 0) is 27.2 Å². The number of aromatic nitrogens is 4. The van der Waals surface area contributed by atoms with Gasteiger partial charge in [0.05, 0.1) is 18.6 Å². The fourth-order valence-electron chi connectivity index (χ4n) is 6.33. The van der Waals surface area contributed by atoms with Crippen molar-refractivity contribution in [1.29, 1.82) is 0 Å². The van der Waals surface area contributed by atoms with Gasteiger partial charge >= 0.3 is 0 Å². The van der Waals surface area contributed by atoms with Gasteiger partial charge < -0.3 is 41.1 Å². The predicted octanol–water partition coefficient (Wildman–Crippen LogP) is -1.55. The summed E-state index contributed by atoms with van der Waals surface area (Å²) in [6.45, 7) is 5.33. The van der Waals surface area contributed by atoms with Crippen molar-refractivity contribution in [2.75, 3.05) is 58.9 Å². The highest BCUT2D eigenvalue weighted by molar-refractivity contribution is 5.87. The van der Waals surface area contributed by atoms with Crippen molar-refractivity contribution in [2.45, 2.75) is 49.7 Å². The van der Waals surface area contributed by atoms with E-state index in [4.69, 9.17) is 4.74 Å². The Bertz CT molecular complexity index is 1440. The van der Waals surface area contributed by atoms with Crippen LogP contribution in [-0.4, -0.2) is 124 Å². The van der Waals surface area contributed by atoms with Crippen molar-refractivity contribution >= 4 is 23.0 Å². The van der Waals surface area contributed by atoms with Crippen molar-refractivity contribution < 1.29 is 24.5 Å². The van der Waals surface area contributed by atoms with Crippen molar-refractivity contribution in [1.82, 2.24) is 45.7 Å². The summed E-state index contributed by atoms with van der Waals surface area (Å²) in [7, 11) is 0. The van der Waals surface area contributed by atoms with Crippen LogP contribution in [0.4, 0.5) is 0 Å². The monoisotopic (exact) mass is 607 g/mol. The largest absolute Gasteiger partial charge is 0.387 e. The molecule has 2 fully saturated rings. The zero-order valence-electron chi connectivity index (χ0n) is 24.7. The Balaban J connectivity index is 1.09. The third-order valence-electron chi connectivity index (χ3n) is 8.74. The number of amides is 2. The third kappa shape index (κ3) is 6.60. The lowest BCUT2D eigenvalue weighted by molar-refractivity contribution is -0.140. The molecule has 0 spiro atoms. The van der Waals surface area contributed by atoms with E-state index in [1.54, 1.807) is 4.90 Å². The van der Waals surface area contributed by atoms with Gasteiger partial charge in [-0.25, -0.2) is 15.0 Å². The van der Waals surface area contributed by atoms with E-state index in [9.17, 15) is 19.8 Å². The maximum Gasteiger partial charge on any atom is 0.252 e. The Morgan fingerprint density at radius 1 is 0.955 bits per heavy atom. The number of aliphatic hydroxyl groups is 2. The van der Waals surface area contributed by atoms with Gasteiger partial charge in [-0.2, -0.15) is 0 Å². The lowest BCUT2D eigenvalue weighted by Crippen LogP contribution is -2.49. The molecule has 0 unspecified atom stereocenters. The molecule has 0 saturated carbocycles. The number of carbonyl (C=O) groups is 2. The Hall–Kier alpha value is -3.53. The summed E-state index contributed by atoms with van der Waals surface area (Å²) < 4.78 is 7.42. The average Bonchev–Trinajstić information content (AvgIpc) is 3.72. The van der Waals surface area contributed by atoms with Gasteiger partial charge in [-0.1, -0.05) is 24.3 Å². The maximum absolute atomic E-state index is 13.1. The average molecular weight is 608 g/mol. The number of hydrogen-bond donors (Lipinski definition) is 6. The summed E-state index contributed by atoms with van der Waals surface area (Å²) >= 11 is 0. The molecule has 5 atom stereocenters. The number of aliphatic hydroxyl groups excluding tert-OH is 2. The summed E-state index contributed by atoms with van der Waals surface area (Å²) in [5, 5.41) is 34.2. The van der Waals surface area contributed by atoms with Gasteiger partial charge in [-0.15, -0.1) is 0 Å². The van der Waals surface area contributed by atoms with Crippen LogP contribution in [0.5, 0.6) is 0 Å². The third-order valence-corrected chi connectivity index (χ3v) is 8.74. The predicted molar refractivity (Wildman–Crippen MR) is 161 cm³/mol. The molecule has 2 amide bonds. The van der Waals surface area contributed by atoms with Gasteiger partial charge in [0, 0.05) is 52.4 Å². The molecule has 14 heteroatoms. The first-order valence-corrected chi connectivity index (χ1v) is 15.4. The van der Waals surface area contributed by atoms with Crippen LogP contribution >= 0.6 is 0 Å². The summed E-state index contributed by atoms with van der Waals surface area (Å²) in [6.07, 6.45) is 0.316. The molecule has 2 saturated heterocycles. The molecule has 2 aliphatic heterocycles. The van der Waals surface area contributed by atoms with Gasteiger partial charge in [0.25, 0.3) is 5.91 Å². The van der Waals surface area contributed by atoms with Crippen LogP contribution < -0.4 is 21.3 Å². The van der Waals surface area contributed by atoms with Gasteiger partial charge in [0.1, 0.15) is 24.1 Å². The number of nitrogens with one attached hydrogen (secondary N) is 4. The van der Waals surface area contributed by atoms with Gasteiger partial charge in [-0.3, -0.25) is 14.2 Å². The molecule has 1 aromatic carbocycles. The van der Waals surface area contributed by atoms with E-state index in [1.807, 2.05) is 0 Å². The second-order valence-electron chi connectivity index (χ2n) is 11.6. The summed E-state index contributed by atoms with van der Waals surface area (Å²) in [5.74, 6) is -0.591. The van der Waals surface area contributed by atoms with E-state index in [0.717, 1.165) is 44.7 Å². The van der Waals surface area contributed by atoms with Gasteiger partial charge in [-0.05, 0) is 36.3 Å². The topological polar surface area (TPSA) is 179 Å². The highest BCUT2D eigenvalue weighted by Crippen LogP contribution is 2.37. The molecule has 6 N–H and O–H groups in total. The molecule has 0 bridgehead atoms. The lowest BCUT2D eigenvalue weighted by atomic mass is 9.96. The number of hydrogen-bond acceptors (Lipinski definition) is 11. The van der Waals surface area contributed by atoms with E-state index in [1.165, 1.54) is 28.3 Å². The molecule has 3 aliphatic rings. The number of benzene rings is 1. The Kier molecular flexibility index (Phi) is 9.74. The Morgan fingerprint density at radius 3 is 2.45 bits per heavy atom. The maximum atomic E-state index is 13.1. The highest BCUT2D eigenvalue weighted by Gasteiger charge is 2.48. The molecule has 1 aliphatic carbocycles. The molecule has 44 heavy (non-hydrogen) atoms.